The molecule has 1 fully saturated rings. The minimum Gasteiger partial charge on any atom is -0.314 e. The monoisotopic (exact) mass is 173 g/mol. The first-order chi connectivity index (χ1) is 5.79. The molecule has 72 valence electrons. The summed E-state index contributed by atoms with van der Waals surface area (Å²) in [5, 5.41) is 3.41. The van der Waals surface area contributed by atoms with Crippen LogP contribution in [0.3, 0.4) is 0 Å². The van der Waals surface area contributed by atoms with E-state index in [9.17, 15) is 4.39 Å². The zero-order chi connectivity index (χ0) is 8.81. The van der Waals surface area contributed by atoms with Crippen molar-refractivity contribution >= 4 is 0 Å². The molecule has 0 spiro atoms. The topological polar surface area (TPSA) is 12.0 Å². The van der Waals surface area contributed by atoms with E-state index in [1.807, 2.05) is 0 Å². The second-order valence-electron chi connectivity index (χ2n) is 3.86. The van der Waals surface area contributed by atoms with E-state index < -0.39 is 6.17 Å². The molecule has 0 amide bonds. The van der Waals surface area contributed by atoms with Crippen LogP contribution in [0.25, 0.3) is 0 Å². The molecule has 1 aliphatic rings. The fourth-order valence-electron chi connectivity index (χ4n) is 1.79. The minimum absolute atomic E-state index is 0.652. The van der Waals surface area contributed by atoms with Crippen molar-refractivity contribution < 1.29 is 4.39 Å². The number of hydrogen-bond acceptors (Lipinski definition) is 1. The standard InChI is InChI=1S/C10H20FN/c1-9(11)7-8-12-10-5-3-2-4-6-10/h9-10,12H,2-8H2,1H3. The molecule has 1 aliphatic carbocycles. The van der Waals surface area contributed by atoms with E-state index in [4.69, 9.17) is 0 Å². The minimum atomic E-state index is -0.652. The summed E-state index contributed by atoms with van der Waals surface area (Å²) in [6, 6.07) is 0.678. The zero-order valence-electron chi connectivity index (χ0n) is 7.98. The van der Waals surface area contributed by atoms with Crippen LogP contribution in [0.1, 0.15) is 45.4 Å². The summed E-state index contributed by atoms with van der Waals surface area (Å²) in [5.41, 5.74) is 0. The summed E-state index contributed by atoms with van der Waals surface area (Å²) in [4.78, 5) is 0. The van der Waals surface area contributed by atoms with E-state index in [-0.39, 0.29) is 0 Å². The molecule has 0 aliphatic heterocycles. The lowest BCUT2D eigenvalue weighted by molar-refractivity contribution is 0.313. The predicted octanol–water partition coefficient (Wildman–Crippen LogP) is 2.66. The van der Waals surface area contributed by atoms with E-state index >= 15 is 0 Å². The lowest BCUT2D eigenvalue weighted by Gasteiger charge is -2.22. The lowest BCUT2D eigenvalue weighted by Crippen LogP contribution is -2.32. The van der Waals surface area contributed by atoms with Crippen molar-refractivity contribution in [1.82, 2.24) is 5.32 Å². The van der Waals surface area contributed by atoms with Crippen molar-refractivity contribution in [2.75, 3.05) is 6.54 Å². The Kier molecular flexibility index (Phi) is 4.59. The van der Waals surface area contributed by atoms with Gasteiger partial charge in [-0.1, -0.05) is 19.3 Å². The fraction of sp³-hybridized carbons (Fsp3) is 1.00. The first-order valence-corrected chi connectivity index (χ1v) is 5.16. The van der Waals surface area contributed by atoms with E-state index in [1.165, 1.54) is 32.1 Å². The van der Waals surface area contributed by atoms with E-state index in [0.29, 0.717) is 12.5 Å². The number of alkyl halides is 1. The molecule has 0 aromatic heterocycles. The van der Waals surface area contributed by atoms with E-state index in [0.717, 1.165) is 6.54 Å². The maximum absolute atomic E-state index is 12.4. The fourth-order valence-corrected chi connectivity index (χ4v) is 1.79. The quantitative estimate of drug-likeness (QED) is 0.689. The van der Waals surface area contributed by atoms with Crippen LogP contribution in [0.4, 0.5) is 4.39 Å². The van der Waals surface area contributed by atoms with Crippen molar-refractivity contribution in [2.24, 2.45) is 0 Å². The van der Waals surface area contributed by atoms with Crippen LogP contribution in [0.2, 0.25) is 0 Å². The average Bonchev–Trinajstić information content (AvgIpc) is 2.05. The average molecular weight is 173 g/mol. The van der Waals surface area contributed by atoms with Crippen LogP contribution in [-0.2, 0) is 0 Å². The smallest absolute Gasteiger partial charge is 0.0985 e. The first-order valence-electron chi connectivity index (χ1n) is 5.16. The van der Waals surface area contributed by atoms with Gasteiger partial charge in [-0.3, -0.25) is 0 Å². The highest BCUT2D eigenvalue weighted by atomic mass is 19.1. The van der Waals surface area contributed by atoms with Gasteiger partial charge in [0.2, 0.25) is 0 Å². The molecule has 0 saturated heterocycles. The molecule has 0 radical (unpaired) electrons. The summed E-state index contributed by atoms with van der Waals surface area (Å²) in [6.45, 7) is 2.48. The van der Waals surface area contributed by atoms with Crippen LogP contribution in [-0.4, -0.2) is 18.8 Å². The van der Waals surface area contributed by atoms with Crippen LogP contribution < -0.4 is 5.32 Å². The highest BCUT2D eigenvalue weighted by Gasteiger charge is 2.12. The Morgan fingerprint density at radius 3 is 2.58 bits per heavy atom. The van der Waals surface area contributed by atoms with Gasteiger partial charge in [0.05, 0.1) is 6.17 Å². The second kappa shape index (κ2) is 5.52. The molecular formula is C10H20FN. The summed E-state index contributed by atoms with van der Waals surface area (Å²) < 4.78 is 12.4. The Labute approximate surface area is 74.7 Å². The maximum Gasteiger partial charge on any atom is 0.0985 e. The van der Waals surface area contributed by atoms with Crippen molar-refractivity contribution in [3.8, 4) is 0 Å². The molecule has 1 N–H and O–H groups in total. The van der Waals surface area contributed by atoms with Gasteiger partial charge in [0.15, 0.2) is 0 Å². The lowest BCUT2D eigenvalue weighted by atomic mass is 9.95. The van der Waals surface area contributed by atoms with Gasteiger partial charge in [-0.05, 0) is 32.7 Å². The number of halogens is 1. The number of hydrogen-bond donors (Lipinski definition) is 1. The second-order valence-corrected chi connectivity index (χ2v) is 3.86. The van der Waals surface area contributed by atoms with Gasteiger partial charge >= 0.3 is 0 Å². The zero-order valence-corrected chi connectivity index (χ0v) is 7.98. The largest absolute Gasteiger partial charge is 0.314 e. The van der Waals surface area contributed by atoms with Gasteiger partial charge in [-0.15, -0.1) is 0 Å². The van der Waals surface area contributed by atoms with Crippen molar-refractivity contribution in [1.29, 1.82) is 0 Å². The molecule has 2 heteroatoms. The molecule has 0 aromatic rings. The Hall–Kier alpha value is -0.110. The molecule has 0 aromatic carbocycles. The van der Waals surface area contributed by atoms with Crippen LogP contribution in [0.15, 0.2) is 0 Å². The van der Waals surface area contributed by atoms with Crippen molar-refractivity contribution in [3.05, 3.63) is 0 Å². The summed E-state index contributed by atoms with van der Waals surface area (Å²) >= 11 is 0. The van der Waals surface area contributed by atoms with Gasteiger partial charge in [-0.2, -0.15) is 0 Å². The molecule has 1 unspecified atom stereocenters. The number of nitrogens with one attached hydrogen (secondary N) is 1. The van der Waals surface area contributed by atoms with Crippen molar-refractivity contribution in [3.63, 3.8) is 0 Å². The van der Waals surface area contributed by atoms with Gasteiger partial charge in [0.1, 0.15) is 0 Å². The third-order valence-corrected chi connectivity index (χ3v) is 2.58. The normalized spacial score (nSPS) is 22.5. The van der Waals surface area contributed by atoms with Gasteiger partial charge < -0.3 is 5.32 Å². The Balaban J connectivity index is 1.98. The molecular weight excluding hydrogens is 153 g/mol. The van der Waals surface area contributed by atoms with E-state index in [2.05, 4.69) is 5.32 Å². The molecule has 1 nitrogen and oxygen atoms in total. The summed E-state index contributed by atoms with van der Waals surface area (Å²) in [5.74, 6) is 0. The molecule has 1 rings (SSSR count). The molecule has 0 bridgehead atoms. The highest BCUT2D eigenvalue weighted by molar-refractivity contribution is 4.71. The van der Waals surface area contributed by atoms with Crippen molar-refractivity contribution in [2.45, 2.75) is 57.7 Å². The maximum atomic E-state index is 12.4. The molecule has 1 saturated carbocycles. The SMILES string of the molecule is CC(F)CCNC1CCCCC1. The third kappa shape index (κ3) is 4.05. The Morgan fingerprint density at radius 1 is 1.33 bits per heavy atom. The molecule has 1 atom stereocenters. The third-order valence-electron chi connectivity index (χ3n) is 2.58. The molecule has 12 heavy (non-hydrogen) atoms. The van der Waals surface area contributed by atoms with Gasteiger partial charge in [-0.25, -0.2) is 4.39 Å². The molecule has 0 heterocycles. The van der Waals surface area contributed by atoms with Crippen LogP contribution in [0, 0.1) is 0 Å². The van der Waals surface area contributed by atoms with E-state index in [1.54, 1.807) is 6.92 Å². The first kappa shape index (κ1) is 9.97. The Morgan fingerprint density at radius 2 is 2.00 bits per heavy atom. The summed E-state index contributed by atoms with van der Waals surface area (Å²) in [7, 11) is 0. The number of rotatable bonds is 4. The van der Waals surface area contributed by atoms with Crippen LogP contribution in [0.5, 0.6) is 0 Å². The highest BCUT2D eigenvalue weighted by Crippen LogP contribution is 2.17. The van der Waals surface area contributed by atoms with Gasteiger partial charge in [0, 0.05) is 6.04 Å². The van der Waals surface area contributed by atoms with Gasteiger partial charge in [0.25, 0.3) is 0 Å². The summed E-state index contributed by atoms with van der Waals surface area (Å²) in [6.07, 6.45) is 6.68. The Bertz CT molecular complexity index is 108. The predicted molar refractivity (Wildman–Crippen MR) is 50.1 cm³/mol. The van der Waals surface area contributed by atoms with Crippen LogP contribution >= 0.6 is 0 Å².